The summed E-state index contributed by atoms with van der Waals surface area (Å²) in [5.41, 5.74) is 6.10. The van der Waals surface area contributed by atoms with Crippen molar-refractivity contribution in [2.75, 3.05) is 0 Å². The molecule has 2 aliphatic rings. The molecule has 0 nitrogen and oxygen atoms in total. The maximum absolute atomic E-state index is 2.71. The molecule has 0 bridgehead atoms. The van der Waals surface area contributed by atoms with Gasteiger partial charge in [-0.3, -0.25) is 0 Å². The molecular formula is C21H24ClSiTi. The summed E-state index contributed by atoms with van der Waals surface area (Å²) in [6.45, 7) is 5.13. The molecule has 2 aromatic carbocycles. The zero-order valence-corrected chi connectivity index (χ0v) is 17.9. The van der Waals surface area contributed by atoms with Crippen molar-refractivity contribution in [3.63, 3.8) is 0 Å². The molecular weight excluding hydrogens is 364 g/mol. The second kappa shape index (κ2) is 6.80. The first-order valence-electron chi connectivity index (χ1n) is 8.47. The number of benzene rings is 2. The number of halogens is 1. The van der Waals surface area contributed by atoms with Crippen molar-refractivity contribution in [3.8, 4) is 0 Å². The Morgan fingerprint density at radius 2 is 1.17 bits per heavy atom. The molecule has 4 rings (SSSR count). The molecule has 0 saturated heterocycles. The largest absolute Gasteiger partial charge is 0.147 e. The SMILES string of the molecule is C[Si](C)=[Ti]([CH3])([CH]1C=Cc2ccccc21)[CH]1C=Cc2ccccc21.Cl. The van der Waals surface area contributed by atoms with Gasteiger partial charge < -0.3 is 0 Å². The maximum Gasteiger partial charge on any atom is -0.147 e. The topological polar surface area (TPSA) is 0 Å². The van der Waals surface area contributed by atoms with Crippen molar-refractivity contribution >= 4 is 30.7 Å². The van der Waals surface area contributed by atoms with Gasteiger partial charge in [-0.15, -0.1) is 12.4 Å². The Hall–Kier alpha value is -0.859. The predicted octanol–water partition coefficient (Wildman–Crippen LogP) is 6.40. The molecule has 24 heavy (non-hydrogen) atoms. The Labute approximate surface area is 155 Å². The molecule has 2 aliphatic carbocycles. The molecule has 2 aromatic rings. The van der Waals surface area contributed by atoms with Gasteiger partial charge in [-0.05, 0) is 0 Å². The fraction of sp³-hybridized carbons (Fsp3) is 0.238. The first-order chi connectivity index (χ1) is 11.1. The molecule has 0 amide bonds. The molecule has 3 heteroatoms. The van der Waals surface area contributed by atoms with Crippen LogP contribution in [0.3, 0.4) is 0 Å². The van der Waals surface area contributed by atoms with Crippen molar-refractivity contribution < 1.29 is 15.3 Å². The van der Waals surface area contributed by atoms with Crippen LogP contribution in [0.5, 0.6) is 0 Å². The molecule has 0 fully saturated rings. The Kier molecular flexibility index (Phi) is 5.09. The summed E-state index contributed by atoms with van der Waals surface area (Å²) in [6, 6.07) is 18.1. The van der Waals surface area contributed by atoms with Crippen molar-refractivity contribution in [2.24, 2.45) is 0 Å². The van der Waals surface area contributed by atoms with Crippen LogP contribution in [0.15, 0.2) is 60.7 Å². The normalized spacial score (nSPS) is 22.5. The van der Waals surface area contributed by atoms with Crippen LogP contribution in [0, 0.1) is 0 Å². The molecule has 0 aliphatic heterocycles. The molecule has 123 valence electrons. The molecule has 0 spiro atoms. The van der Waals surface area contributed by atoms with Crippen LogP contribution in [-0.4, -0.2) is 6.19 Å². The van der Waals surface area contributed by atoms with Gasteiger partial charge in [0.25, 0.3) is 0 Å². The average Bonchev–Trinajstić information content (AvgIpc) is 3.18. The zero-order chi connectivity index (χ0) is 16.0. The molecule has 0 aromatic heterocycles. The first-order valence-corrected chi connectivity index (χ1v) is 16.7. The van der Waals surface area contributed by atoms with E-state index in [9.17, 15) is 0 Å². The fourth-order valence-electron chi connectivity index (χ4n) is 4.36. The van der Waals surface area contributed by atoms with Crippen LogP contribution in [-0.2, 0) is 15.3 Å². The Balaban J connectivity index is 0.00000169. The minimum Gasteiger partial charge on any atom is -0.147 e. The Morgan fingerprint density at radius 1 is 0.750 bits per heavy atom. The Bertz CT molecular complexity index is 825. The van der Waals surface area contributed by atoms with Gasteiger partial charge in [0.2, 0.25) is 0 Å². The quantitative estimate of drug-likeness (QED) is 0.523. The standard InChI is InChI=1S/2C9H7.C2H6Si.CH3.ClH.Ti/c2*1-2-5-9-7-3-6-8(9)4-1;1-3-2;;;/h2*1-7H;1-2H3;1H3;1H;. The van der Waals surface area contributed by atoms with Crippen LogP contribution >= 0.6 is 12.4 Å². The molecule has 0 radical (unpaired) electrons. The number of hydrogen-bond acceptors (Lipinski definition) is 0. The van der Waals surface area contributed by atoms with Gasteiger partial charge in [-0.25, -0.2) is 0 Å². The van der Waals surface area contributed by atoms with Crippen molar-refractivity contribution in [3.05, 3.63) is 82.9 Å². The second-order valence-electron chi connectivity index (χ2n) is 7.21. The third-order valence-electron chi connectivity index (χ3n) is 5.97. The van der Waals surface area contributed by atoms with Crippen LogP contribution in [0.2, 0.25) is 18.3 Å². The van der Waals surface area contributed by atoms with E-state index in [0.717, 1.165) is 0 Å². The molecule has 2 atom stereocenters. The minimum atomic E-state index is -2.17. The van der Waals surface area contributed by atoms with Gasteiger partial charge in [0.05, 0.1) is 0 Å². The van der Waals surface area contributed by atoms with Gasteiger partial charge in [-0.1, -0.05) is 0 Å². The van der Waals surface area contributed by atoms with Crippen molar-refractivity contribution in [1.82, 2.24) is 0 Å². The third-order valence-corrected chi connectivity index (χ3v) is 26.4. The summed E-state index contributed by atoms with van der Waals surface area (Å²) in [6.07, 6.45) is 9.49. The van der Waals surface area contributed by atoms with E-state index in [2.05, 4.69) is 91.2 Å². The van der Waals surface area contributed by atoms with Gasteiger partial charge in [0.1, 0.15) is 0 Å². The van der Waals surface area contributed by atoms with E-state index in [1.54, 1.807) is 11.1 Å². The summed E-state index contributed by atoms with van der Waals surface area (Å²) in [7, 11) is 0. The van der Waals surface area contributed by atoms with E-state index >= 15 is 0 Å². The van der Waals surface area contributed by atoms with Gasteiger partial charge >= 0.3 is 143 Å². The number of hydrogen-bond donors (Lipinski definition) is 0. The smallest absolute Gasteiger partial charge is 0.147 e. The maximum atomic E-state index is 2.71. The Morgan fingerprint density at radius 3 is 1.58 bits per heavy atom. The zero-order valence-electron chi connectivity index (χ0n) is 14.5. The van der Waals surface area contributed by atoms with E-state index in [-0.39, 0.29) is 18.6 Å². The first kappa shape index (κ1) is 17.9. The van der Waals surface area contributed by atoms with Crippen LogP contribution in [0.25, 0.3) is 12.2 Å². The number of allylic oxidation sites excluding steroid dienone is 2. The van der Waals surface area contributed by atoms with E-state index in [0.29, 0.717) is 8.45 Å². The van der Waals surface area contributed by atoms with Gasteiger partial charge in [0.15, 0.2) is 0 Å². The molecule has 0 heterocycles. The fourth-order valence-corrected chi connectivity index (χ4v) is 18.5. The molecule has 2 unspecified atom stereocenters. The minimum absolute atomic E-state index is 0. The summed E-state index contributed by atoms with van der Waals surface area (Å²) in [5.74, 6) is 0. The van der Waals surface area contributed by atoms with E-state index in [1.165, 1.54) is 11.1 Å². The second-order valence-corrected chi connectivity index (χ2v) is 24.3. The molecule has 0 N–H and O–H groups in total. The van der Waals surface area contributed by atoms with Crippen molar-refractivity contribution in [2.45, 2.75) is 26.8 Å². The van der Waals surface area contributed by atoms with Crippen LogP contribution in [0.4, 0.5) is 0 Å². The van der Waals surface area contributed by atoms with Crippen LogP contribution < -0.4 is 0 Å². The third kappa shape index (κ3) is 2.63. The van der Waals surface area contributed by atoms with E-state index < -0.39 is 15.3 Å². The number of rotatable bonds is 2. The van der Waals surface area contributed by atoms with Crippen molar-refractivity contribution in [1.29, 1.82) is 0 Å². The summed E-state index contributed by atoms with van der Waals surface area (Å²) < 4.78 is 1.41. The summed E-state index contributed by atoms with van der Waals surface area (Å²) in [5, 5.41) is 2.71. The monoisotopic (exact) mass is 387 g/mol. The average molecular weight is 388 g/mol. The van der Waals surface area contributed by atoms with Gasteiger partial charge in [-0.2, -0.15) is 0 Å². The summed E-state index contributed by atoms with van der Waals surface area (Å²) in [4.78, 5) is 0. The van der Waals surface area contributed by atoms with Crippen LogP contribution in [0.1, 0.15) is 30.7 Å². The predicted molar refractivity (Wildman–Crippen MR) is 107 cm³/mol. The number of fused-ring (bicyclic) bond motifs is 2. The molecule has 0 saturated carbocycles. The van der Waals surface area contributed by atoms with Gasteiger partial charge in [0, 0.05) is 0 Å². The van der Waals surface area contributed by atoms with E-state index in [4.69, 9.17) is 0 Å². The van der Waals surface area contributed by atoms with E-state index in [1.807, 2.05) is 0 Å². The summed E-state index contributed by atoms with van der Waals surface area (Å²) >= 11 is -2.17.